The van der Waals surface area contributed by atoms with Gasteiger partial charge < -0.3 is 29.4 Å². The number of nitrogens with zero attached hydrogens (tertiary/aromatic N) is 4. The van der Waals surface area contributed by atoms with Crippen LogP contribution >= 0.6 is 0 Å². The Labute approximate surface area is 228 Å². The number of aromatic nitrogens is 2. The second kappa shape index (κ2) is 9.97. The average Bonchev–Trinajstić information content (AvgIpc) is 3.61. The SMILES string of the molecule is COc1ccc2c(c1)C(=O)N(C[C@@]1(c3cc4nc(N(CCO)Cc5ccccn5)ccc4o3)NC(=O)NC1=O)C2. The number of hydrogen-bond acceptors (Lipinski definition) is 9. The van der Waals surface area contributed by atoms with Crippen LogP contribution in [0.3, 0.4) is 0 Å². The Bertz CT molecular complexity index is 1620. The smallest absolute Gasteiger partial charge is 0.322 e. The Morgan fingerprint density at radius 3 is 2.75 bits per heavy atom. The molecule has 4 aromatic rings. The third kappa shape index (κ3) is 4.37. The van der Waals surface area contributed by atoms with E-state index < -0.39 is 17.5 Å². The first-order chi connectivity index (χ1) is 19.4. The van der Waals surface area contributed by atoms with Crippen molar-refractivity contribution in [1.29, 1.82) is 0 Å². The molecule has 40 heavy (non-hydrogen) atoms. The number of nitrogens with one attached hydrogen (secondary N) is 2. The van der Waals surface area contributed by atoms with Gasteiger partial charge in [-0.1, -0.05) is 12.1 Å². The van der Waals surface area contributed by atoms with E-state index in [1.165, 1.54) is 12.0 Å². The number of rotatable bonds is 9. The summed E-state index contributed by atoms with van der Waals surface area (Å²) < 4.78 is 11.3. The van der Waals surface area contributed by atoms with Crippen LogP contribution in [0, 0.1) is 0 Å². The maximum atomic E-state index is 13.3. The molecule has 3 N–H and O–H groups in total. The van der Waals surface area contributed by atoms with E-state index in [1.807, 2.05) is 29.2 Å². The molecule has 5 heterocycles. The molecule has 6 rings (SSSR count). The van der Waals surface area contributed by atoms with Crippen LogP contribution in [0.25, 0.3) is 11.1 Å². The highest BCUT2D eigenvalue weighted by Gasteiger charge is 2.53. The molecule has 12 heteroatoms. The molecule has 0 aliphatic carbocycles. The van der Waals surface area contributed by atoms with Crippen molar-refractivity contribution in [3.05, 3.63) is 83.4 Å². The summed E-state index contributed by atoms with van der Waals surface area (Å²) in [6.45, 7) is 0.773. The van der Waals surface area contributed by atoms with E-state index in [2.05, 4.69) is 15.6 Å². The van der Waals surface area contributed by atoms with Crippen LogP contribution in [-0.4, -0.2) is 64.6 Å². The van der Waals surface area contributed by atoms with Crippen LogP contribution in [-0.2, 0) is 23.4 Å². The van der Waals surface area contributed by atoms with E-state index in [0.717, 1.165) is 11.3 Å². The minimum atomic E-state index is -1.65. The summed E-state index contributed by atoms with van der Waals surface area (Å²) in [6, 6.07) is 15.2. The normalized spacial score (nSPS) is 18.1. The van der Waals surface area contributed by atoms with Gasteiger partial charge in [-0.2, -0.15) is 0 Å². The van der Waals surface area contributed by atoms with E-state index in [0.29, 0.717) is 41.3 Å². The number of amides is 4. The van der Waals surface area contributed by atoms with Crippen molar-refractivity contribution in [2.24, 2.45) is 0 Å². The predicted octanol–water partition coefficient (Wildman–Crippen LogP) is 1.92. The lowest BCUT2D eigenvalue weighted by Crippen LogP contribution is -2.52. The maximum absolute atomic E-state index is 13.3. The molecule has 1 fully saturated rings. The van der Waals surface area contributed by atoms with Crippen molar-refractivity contribution in [2.45, 2.75) is 18.6 Å². The van der Waals surface area contributed by atoms with Gasteiger partial charge in [0.2, 0.25) is 0 Å². The minimum absolute atomic E-state index is 0.0867. The van der Waals surface area contributed by atoms with E-state index in [9.17, 15) is 19.5 Å². The Morgan fingerprint density at radius 1 is 1.15 bits per heavy atom. The Balaban J connectivity index is 1.33. The number of benzene rings is 1. The molecule has 1 saturated heterocycles. The van der Waals surface area contributed by atoms with Crippen LogP contribution < -0.4 is 20.3 Å². The molecule has 2 aliphatic heterocycles. The summed E-state index contributed by atoms with van der Waals surface area (Å²) in [5.41, 5.74) is 1.27. The fraction of sp³-hybridized carbons (Fsp3) is 0.250. The third-order valence-corrected chi connectivity index (χ3v) is 7.12. The van der Waals surface area contributed by atoms with E-state index in [4.69, 9.17) is 14.1 Å². The fourth-order valence-electron chi connectivity index (χ4n) is 5.12. The number of aliphatic hydroxyl groups excluding tert-OH is 1. The molecule has 0 bridgehead atoms. The topological polar surface area (TPSA) is 150 Å². The number of carbonyl (C=O) groups excluding carboxylic acids is 3. The summed E-state index contributed by atoms with van der Waals surface area (Å²) in [6.07, 6.45) is 1.70. The van der Waals surface area contributed by atoms with Gasteiger partial charge in [0.25, 0.3) is 11.8 Å². The zero-order valence-corrected chi connectivity index (χ0v) is 21.6. The number of hydrogen-bond donors (Lipinski definition) is 3. The Kier molecular flexibility index (Phi) is 6.31. The number of furan rings is 1. The number of carbonyl (C=O) groups is 3. The maximum Gasteiger partial charge on any atom is 0.322 e. The number of methoxy groups -OCH3 is 1. The molecule has 12 nitrogen and oxygen atoms in total. The van der Waals surface area contributed by atoms with Gasteiger partial charge in [-0.25, -0.2) is 9.78 Å². The first-order valence-electron chi connectivity index (χ1n) is 12.7. The lowest BCUT2D eigenvalue weighted by molar-refractivity contribution is -0.125. The zero-order chi connectivity index (χ0) is 27.9. The summed E-state index contributed by atoms with van der Waals surface area (Å²) in [5.74, 6) is 0.360. The van der Waals surface area contributed by atoms with Crippen molar-refractivity contribution in [3.8, 4) is 5.75 Å². The molecule has 4 amide bonds. The van der Waals surface area contributed by atoms with E-state index >= 15 is 0 Å². The quantitative estimate of drug-likeness (QED) is 0.270. The highest BCUT2D eigenvalue weighted by molar-refractivity contribution is 6.08. The van der Waals surface area contributed by atoms with Crippen LogP contribution in [0.15, 0.2) is 65.2 Å². The van der Waals surface area contributed by atoms with Gasteiger partial charge in [0, 0.05) is 30.9 Å². The molecule has 0 saturated carbocycles. The van der Waals surface area contributed by atoms with Crippen LogP contribution in [0.4, 0.5) is 10.6 Å². The second-order valence-electron chi connectivity index (χ2n) is 9.63. The van der Waals surface area contributed by atoms with Crippen LogP contribution in [0.1, 0.15) is 27.4 Å². The fourth-order valence-corrected chi connectivity index (χ4v) is 5.12. The van der Waals surface area contributed by atoms with Gasteiger partial charge in [-0.15, -0.1) is 0 Å². The molecule has 3 aromatic heterocycles. The number of pyridine rings is 2. The first kappa shape index (κ1) is 25.3. The van der Waals surface area contributed by atoms with E-state index in [-0.39, 0.29) is 31.4 Å². The lowest BCUT2D eigenvalue weighted by atomic mass is 9.95. The number of aliphatic hydroxyl groups is 1. The number of urea groups is 1. The van der Waals surface area contributed by atoms with Gasteiger partial charge in [0.15, 0.2) is 11.1 Å². The molecule has 0 radical (unpaired) electrons. The van der Waals surface area contributed by atoms with Crippen LogP contribution in [0.2, 0.25) is 0 Å². The molecular weight excluding hydrogens is 516 g/mol. The molecule has 2 aliphatic rings. The number of fused-ring (bicyclic) bond motifs is 2. The number of imide groups is 1. The Morgan fingerprint density at radius 2 is 2.02 bits per heavy atom. The standard InChI is InChI=1S/C28H26N6O6/c1-39-19-6-5-17-14-34(25(36)20(17)12-19)16-28(26(37)31-27(38)32-28)23-13-21-22(40-23)7-8-24(30-21)33(10-11-35)15-18-4-2-3-9-29-18/h2-9,12-13,35H,10-11,14-16H2,1H3,(H2,31,32,37,38)/t28-/m0/s1. The highest BCUT2D eigenvalue weighted by Crippen LogP contribution is 2.35. The van der Waals surface area contributed by atoms with Crippen LogP contribution in [0.5, 0.6) is 5.75 Å². The summed E-state index contributed by atoms with van der Waals surface area (Å²) in [4.78, 5) is 51.3. The Hall–Kier alpha value is -4.97. The molecule has 204 valence electrons. The molecule has 1 atom stereocenters. The van der Waals surface area contributed by atoms with Crippen molar-refractivity contribution < 1.29 is 28.6 Å². The summed E-state index contributed by atoms with van der Waals surface area (Å²) in [5, 5.41) is 14.6. The predicted molar refractivity (Wildman–Crippen MR) is 142 cm³/mol. The molecular formula is C28H26N6O6. The average molecular weight is 543 g/mol. The third-order valence-electron chi connectivity index (χ3n) is 7.12. The zero-order valence-electron chi connectivity index (χ0n) is 21.6. The van der Waals surface area contributed by atoms with Gasteiger partial charge in [-0.05, 0) is 42.0 Å². The number of ether oxygens (including phenoxy) is 1. The summed E-state index contributed by atoms with van der Waals surface area (Å²) >= 11 is 0. The molecule has 0 spiro atoms. The van der Waals surface area contributed by atoms with Gasteiger partial charge in [0.1, 0.15) is 22.8 Å². The minimum Gasteiger partial charge on any atom is -0.497 e. The van der Waals surface area contributed by atoms with Gasteiger partial charge in [-0.3, -0.25) is 19.9 Å². The van der Waals surface area contributed by atoms with Crippen molar-refractivity contribution >= 4 is 34.8 Å². The summed E-state index contributed by atoms with van der Waals surface area (Å²) in [7, 11) is 1.52. The number of anilines is 1. The van der Waals surface area contributed by atoms with E-state index in [1.54, 1.807) is 36.5 Å². The van der Waals surface area contributed by atoms with Crippen molar-refractivity contribution in [1.82, 2.24) is 25.5 Å². The van der Waals surface area contributed by atoms with Crippen molar-refractivity contribution in [3.63, 3.8) is 0 Å². The van der Waals surface area contributed by atoms with Gasteiger partial charge in [0.05, 0.1) is 32.5 Å². The highest BCUT2D eigenvalue weighted by atomic mass is 16.5. The first-order valence-corrected chi connectivity index (χ1v) is 12.7. The van der Waals surface area contributed by atoms with Gasteiger partial charge >= 0.3 is 6.03 Å². The monoisotopic (exact) mass is 542 g/mol. The lowest BCUT2D eigenvalue weighted by Gasteiger charge is -2.28. The van der Waals surface area contributed by atoms with Crippen molar-refractivity contribution in [2.75, 3.05) is 31.7 Å². The molecule has 0 unspecified atom stereocenters. The molecule has 1 aromatic carbocycles. The second-order valence-corrected chi connectivity index (χ2v) is 9.63. The largest absolute Gasteiger partial charge is 0.497 e.